The highest BCUT2D eigenvalue weighted by molar-refractivity contribution is 6.29. The smallest absolute Gasteiger partial charge is 0.330 e. The molecular formula is C23H36ClNO4. The van der Waals surface area contributed by atoms with Gasteiger partial charge in [-0.3, -0.25) is 0 Å². The third-order valence-corrected chi connectivity index (χ3v) is 6.82. The molecule has 0 bridgehead atoms. The number of halogens is 1. The number of carboxylic acid groups (broad SMARTS) is 1. The maximum absolute atomic E-state index is 11.1. The normalized spacial score (nSPS) is 30.8. The average molecular weight is 426 g/mol. The van der Waals surface area contributed by atoms with Gasteiger partial charge in [-0.15, -0.1) is 0 Å². The van der Waals surface area contributed by atoms with Crippen LogP contribution in [0.3, 0.4) is 0 Å². The molecule has 1 aliphatic carbocycles. The number of allylic oxidation sites excluding steroid dienone is 1. The predicted octanol–water partition coefficient (Wildman–Crippen LogP) is 4.15. The van der Waals surface area contributed by atoms with Crippen molar-refractivity contribution in [2.75, 3.05) is 6.61 Å². The predicted molar refractivity (Wildman–Crippen MR) is 117 cm³/mol. The van der Waals surface area contributed by atoms with Crippen molar-refractivity contribution < 1.29 is 20.1 Å². The van der Waals surface area contributed by atoms with Gasteiger partial charge in [0.1, 0.15) is 0 Å². The number of piperidine rings is 1. The molecule has 1 spiro atoms. The van der Waals surface area contributed by atoms with E-state index in [-0.39, 0.29) is 12.1 Å². The van der Waals surface area contributed by atoms with Crippen LogP contribution in [0.1, 0.15) is 65.2 Å². The molecule has 0 amide bonds. The molecule has 5 atom stereocenters. The van der Waals surface area contributed by atoms with Gasteiger partial charge in [0, 0.05) is 35.2 Å². The van der Waals surface area contributed by atoms with Gasteiger partial charge >= 0.3 is 5.97 Å². The van der Waals surface area contributed by atoms with E-state index in [2.05, 4.69) is 18.3 Å². The summed E-state index contributed by atoms with van der Waals surface area (Å²) in [6.07, 6.45) is 14.5. The second-order valence-corrected chi connectivity index (χ2v) is 9.12. The molecule has 164 valence electrons. The molecular weight excluding hydrogens is 390 g/mol. The van der Waals surface area contributed by atoms with E-state index in [0.29, 0.717) is 34.9 Å². The van der Waals surface area contributed by atoms with Crippen LogP contribution in [0.25, 0.3) is 0 Å². The van der Waals surface area contributed by atoms with Crippen molar-refractivity contribution >= 4 is 17.6 Å². The minimum atomic E-state index is -0.847. The molecule has 1 saturated heterocycles. The highest BCUT2D eigenvalue weighted by Crippen LogP contribution is 2.46. The SMILES string of the molecule is C/C(=C\C[C@@H]1CCC[C@@]2(CCCC2C(C)/C=C/C(O)/C=C(\Cl)CCO)N1)C(=O)O. The molecule has 1 aliphatic heterocycles. The zero-order valence-electron chi connectivity index (χ0n) is 17.6. The summed E-state index contributed by atoms with van der Waals surface area (Å²) >= 11 is 5.98. The molecule has 29 heavy (non-hydrogen) atoms. The van der Waals surface area contributed by atoms with E-state index in [4.69, 9.17) is 21.8 Å². The molecule has 1 saturated carbocycles. The Morgan fingerprint density at radius 2 is 1.97 bits per heavy atom. The number of aliphatic hydroxyl groups is 2. The molecule has 3 unspecified atom stereocenters. The van der Waals surface area contributed by atoms with E-state index >= 15 is 0 Å². The summed E-state index contributed by atoms with van der Waals surface area (Å²) in [5.74, 6) is -0.0327. The lowest BCUT2D eigenvalue weighted by molar-refractivity contribution is -0.132. The lowest BCUT2D eigenvalue weighted by Crippen LogP contribution is -2.56. The van der Waals surface area contributed by atoms with Crippen molar-refractivity contribution in [3.63, 3.8) is 0 Å². The molecule has 4 N–H and O–H groups in total. The summed E-state index contributed by atoms with van der Waals surface area (Å²) < 4.78 is 0. The monoisotopic (exact) mass is 425 g/mol. The average Bonchev–Trinajstić information content (AvgIpc) is 3.06. The first kappa shape index (κ1) is 24.1. The zero-order valence-corrected chi connectivity index (χ0v) is 18.4. The molecule has 2 aliphatic rings. The first-order valence-electron chi connectivity index (χ1n) is 10.8. The van der Waals surface area contributed by atoms with Gasteiger partial charge in [0.2, 0.25) is 0 Å². The van der Waals surface area contributed by atoms with Gasteiger partial charge in [0.25, 0.3) is 0 Å². The summed E-state index contributed by atoms with van der Waals surface area (Å²) in [6, 6.07) is 0.320. The standard InChI is InChI=1S/C23H36ClNO4/c1-16(8-10-20(27)15-18(24)11-14-26)21-6-4-13-23(21)12-3-5-19(25-23)9-7-17(2)22(28)29/h7-8,10,15-16,19-21,25-27H,3-6,9,11-14H2,1-2H3,(H,28,29)/b10-8+,17-7+,18-15-/t16?,19-,20?,21?,23-/m0/s1. The third kappa shape index (κ3) is 6.95. The Bertz CT molecular complexity index is 645. The van der Waals surface area contributed by atoms with Crippen LogP contribution in [0, 0.1) is 11.8 Å². The summed E-state index contributed by atoms with van der Waals surface area (Å²) in [4.78, 5) is 11.1. The quantitative estimate of drug-likeness (QED) is 0.329. The fraction of sp³-hybridized carbons (Fsp3) is 0.696. The van der Waals surface area contributed by atoms with Gasteiger partial charge in [-0.1, -0.05) is 49.6 Å². The molecule has 1 heterocycles. The van der Waals surface area contributed by atoms with Crippen molar-refractivity contribution in [1.29, 1.82) is 0 Å². The summed E-state index contributed by atoms with van der Waals surface area (Å²) in [5.41, 5.74) is 0.514. The minimum Gasteiger partial charge on any atom is -0.478 e. The van der Waals surface area contributed by atoms with Crippen LogP contribution < -0.4 is 5.32 Å². The first-order chi connectivity index (χ1) is 13.8. The van der Waals surface area contributed by atoms with Crippen molar-refractivity contribution in [1.82, 2.24) is 5.32 Å². The van der Waals surface area contributed by atoms with E-state index < -0.39 is 12.1 Å². The minimum absolute atomic E-state index is 0.0270. The van der Waals surface area contributed by atoms with Gasteiger partial charge in [0.15, 0.2) is 0 Å². The van der Waals surface area contributed by atoms with Gasteiger partial charge < -0.3 is 20.6 Å². The Labute approximate surface area is 179 Å². The highest BCUT2D eigenvalue weighted by Gasteiger charge is 2.46. The number of carboxylic acids is 1. The summed E-state index contributed by atoms with van der Waals surface area (Å²) in [6.45, 7) is 3.83. The van der Waals surface area contributed by atoms with Gasteiger partial charge in [-0.2, -0.15) is 0 Å². The van der Waals surface area contributed by atoms with Crippen molar-refractivity contribution in [3.05, 3.63) is 34.9 Å². The Hall–Kier alpha value is -1.14. The zero-order chi connectivity index (χ0) is 21.4. The molecule has 6 heteroatoms. The molecule has 0 aromatic carbocycles. The number of hydrogen-bond acceptors (Lipinski definition) is 4. The second kappa shape index (κ2) is 11.3. The Balaban J connectivity index is 2.01. The maximum atomic E-state index is 11.1. The van der Waals surface area contributed by atoms with E-state index in [0.717, 1.165) is 38.5 Å². The number of aliphatic hydroxyl groups excluding tert-OH is 2. The van der Waals surface area contributed by atoms with Crippen LogP contribution >= 0.6 is 11.6 Å². The topological polar surface area (TPSA) is 89.8 Å². The van der Waals surface area contributed by atoms with Crippen LogP contribution in [0.15, 0.2) is 34.9 Å². The molecule has 2 rings (SSSR count). The van der Waals surface area contributed by atoms with Crippen molar-refractivity contribution in [2.45, 2.75) is 82.9 Å². The van der Waals surface area contributed by atoms with Crippen LogP contribution in [0.5, 0.6) is 0 Å². The van der Waals surface area contributed by atoms with Gasteiger partial charge in [-0.05, 0) is 56.9 Å². The van der Waals surface area contributed by atoms with Crippen LogP contribution in [-0.2, 0) is 4.79 Å². The number of carbonyl (C=O) groups is 1. The van der Waals surface area contributed by atoms with E-state index in [1.54, 1.807) is 19.1 Å². The van der Waals surface area contributed by atoms with Crippen LogP contribution in [0.2, 0.25) is 0 Å². The maximum Gasteiger partial charge on any atom is 0.330 e. The third-order valence-electron chi connectivity index (χ3n) is 6.51. The Morgan fingerprint density at radius 3 is 2.62 bits per heavy atom. The lowest BCUT2D eigenvalue weighted by Gasteiger charge is -2.45. The van der Waals surface area contributed by atoms with Crippen LogP contribution in [-0.4, -0.2) is 45.6 Å². The largest absolute Gasteiger partial charge is 0.478 e. The number of aliphatic carboxylic acids is 1. The molecule has 0 aromatic heterocycles. The fourth-order valence-electron chi connectivity index (χ4n) is 5.01. The molecule has 0 radical (unpaired) electrons. The molecule has 5 nitrogen and oxygen atoms in total. The van der Waals surface area contributed by atoms with E-state index in [9.17, 15) is 9.90 Å². The lowest BCUT2D eigenvalue weighted by atomic mass is 9.72. The highest BCUT2D eigenvalue weighted by atomic mass is 35.5. The Kier molecular flexibility index (Phi) is 9.41. The van der Waals surface area contributed by atoms with Crippen LogP contribution in [0.4, 0.5) is 0 Å². The van der Waals surface area contributed by atoms with Crippen molar-refractivity contribution in [3.8, 4) is 0 Å². The fourth-order valence-corrected chi connectivity index (χ4v) is 5.22. The number of nitrogens with one attached hydrogen (secondary N) is 1. The van der Waals surface area contributed by atoms with Crippen molar-refractivity contribution in [2.24, 2.45) is 11.8 Å². The molecule has 0 aromatic rings. The second-order valence-electron chi connectivity index (χ2n) is 8.64. The van der Waals surface area contributed by atoms with E-state index in [1.807, 2.05) is 6.08 Å². The summed E-state index contributed by atoms with van der Waals surface area (Å²) in [7, 11) is 0. The number of hydrogen-bond donors (Lipinski definition) is 4. The van der Waals surface area contributed by atoms with Gasteiger partial charge in [0.05, 0.1) is 6.10 Å². The molecule has 2 fully saturated rings. The Morgan fingerprint density at radius 1 is 1.28 bits per heavy atom. The summed E-state index contributed by atoms with van der Waals surface area (Å²) in [5, 5.41) is 32.5. The van der Waals surface area contributed by atoms with E-state index in [1.165, 1.54) is 6.42 Å². The van der Waals surface area contributed by atoms with Gasteiger partial charge in [-0.25, -0.2) is 4.79 Å². The number of rotatable bonds is 9. The first-order valence-corrected chi connectivity index (χ1v) is 11.2.